The molecule has 0 heterocycles. The maximum atomic E-state index is 13.9. The number of carbonyl (C=O) groups excluding carboxylic acids is 3. The highest BCUT2D eigenvalue weighted by Gasteiger charge is 2.32. The number of aliphatic carboxylic acids is 2. The van der Waals surface area contributed by atoms with E-state index in [1.807, 2.05) is 0 Å². The van der Waals surface area contributed by atoms with E-state index >= 15 is 0 Å². The molecule has 0 aliphatic rings. The van der Waals surface area contributed by atoms with Crippen LogP contribution in [0.4, 0.5) is 13.2 Å². The van der Waals surface area contributed by atoms with Gasteiger partial charge >= 0.3 is 11.9 Å². The summed E-state index contributed by atoms with van der Waals surface area (Å²) in [7, 11) is 0. The van der Waals surface area contributed by atoms with Gasteiger partial charge in [0.05, 0.1) is 12.1 Å². The molecule has 15 heteroatoms. The Bertz CT molecular complexity index is 1090. The summed E-state index contributed by atoms with van der Waals surface area (Å²) in [6.07, 6.45) is -2.42. The van der Waals surface area contributed by atoms with Crippen molar-refractivity contribution in [1.29, 1.82) is 0 Å². The molecule has 5 atom stereocenters. The lowest BCUT2D eigenvalue weighted by Crippen LogP contribution is -2.59. The molecule has 40 heavy (non-hydrogen) atoms. The zero-order valence-electron chi connectivity index (χ0n) is 22.5. The van der Waals surface area contributed by atoms with Crippen molar-refractivity contribution in [2.45, 2.75) is 77.2 Å². The van der Waals surface area contributed by atoms with Crippen molar-refractivity contribution >= 4 is 29.7 Å². The van der Waals surface area contributed by atoms with E-state index in [-0.39, 0.29) is 24.9 Å². The number of aliphatic hydroxyl groups excluding tert-OH is 1. The standard InChI is InChI=1S/C25H35F3N4O8/c1-11(2)20(25(39)40)31-22(36)12(3)30-24(38)21(13(4)33)32-23(37)16(7-8-17(34)35)29-10-9-14-5-6-15(26)19(28)18(14)27/h5-6,11-13,16,20-21,29,33H,7-10H2,1-4H3,(H,30,38)(H,31,36)(H,32,37)(H,34,35)(H,39,40)/t12-,13+,16-,20-,21-/m0/s1. The topological polar surface area (TPSA) is 194 Å². The van der Waals surface area contributed by atoms with Crippen LogP contribution in [-0.4, -0.2) is 81.8 Å². The molecule has 0 fully saturated rings. The van der Waals surface area contributed by atoms with Crippen LogP contribution >= 0.6 is 0 Å². The first-order valence-corrected chi connectivity index (χ1v) is 12.5. The van der Waals surface area contributed by atoms with E-state index in [0.29, 0.717) is 0 Å². The Kier molecular flexibility index (Phi) is 13.5. The van der Waals surface area contributed by atoms with Crippen LogP contribution in [0, 0.1) is 23.4 Å². The largest absolute Gasteiger partial charge is 0.481 e. The van der Waals surface area contributed by atoms with Crippen molar-refractivity contribution < 1.29 is 52.5 Å². The molecule has 1 aromatic carbocycles. The second-order valence-corrected chi connectivity index (χ2v) is 9.55. The number of nitrogens with one attached hydrogen (secondary N) is 4. The van der Waals surface area contributed by atoms with E-state index in [4.69, 9.17) is 5.11 Å². The molecule has 1 rings (SSSR count). The first-order chi connectivity index (χ1) is 18.6. The Balaban J connectivity index is 2.91. The molecule has 12 nitrogen and oxygen atoms in total. The number of aliphatic hydroxyl groups is 1. The number of carboxylic acid groups (broad SMARTS) is 2. The van der Waals surface area contributed by atoms with Gasteiger partial charge in [0.25, 0.3) is 0 Å². The predicted molar refractivity (Wildman–Crippen MR) is 134 cm³/mol. The van der Waals surface area contributed by atoms with E-state index in [9.17, 15) is 47.4 Å². The average Bonchev–Trinajstić information content (AvgIpc) is 2.86. The lowest BCUT2D eigenvalue weighted by molar-refractivity contribution is -0.143. The van der Waals surface area contributed by atoms with Crippen LogP contribution in [0.5, 0.6) is 0 Å². The van der Waals surface area contributed by atoms with Crippen LogP contribution in [0.2, 0.25) is 0 Å². The summed E-state index contributed by atoms with van der Waals surface area (Å²) in [4.78, 5) is 60.5. The molecule has 0 saturated carbocycles. The van der Waals surface area contributed by atoms with Gasteiger partial charge in [0, 0.05) is 13.0 Å². The second kappa shape index (κ2) is 15.8. The smallest absolute Gasteiger partial charge is 0.326 e. The summed E-state index contributed by atoms with van der Waals surface area (Å²) in [6.45, 7) is 5.43. The van der Waals surface area contributed by atoms with Crippen molar-refractivity contribution in [1.82, 2.24) is 21.3 Å². The Labute approximate surface area is 228 Å². The Hall–Kier alpha value is -3.72. The number of carbonyl (C=O) groups is 5. The monoisotopic (exact) mass is 576 g/mol. The molecule has 1 aromatic rings. The van der Waals surface area contributed by atoms with Gasteiger partial charge in [0.2, 0.25) is 17.7 Å². The van der Waals surface area contributed by atoms with Crippen LogP contribution in [0.3, 0.4) is 0 Å². The molecule has 0 radical (unpaired) electrons. The summed E-state index contributed by atoms with van der Waals surface area (Å²) in [5.74, 6) is -10.1. The summed E-state index contributed by atoms with van der Waals surface area (Å²) in [5, 5.41) is 37.9. The normalized spacial score (nSPS) is 14.9. The molecule has 0 bridgehead atoms. The van der Waals surface area contributed by atoms with Gasteiger partial charge in [0.1, 0.15) is 18.1 Å². The van der Waals surface area contributed by atoms with Gasteiger partial charge in [-0.25, -0.2) is 18.0 Å². The lowest BCUT2D eigenvalue weighted by atomic mass is 10.0. The number of hydrogen-bond acceptors (Lipinski definition) is 7. The van der Waals surface area contributed by atoms with E-state index < -0.39 is 89.7 Å². The van der Waals surface area contributed by atoms with E-state index in [1.54, 1.807) is 13.8 Å². The Morgan fingerprint density at radius 1 is 0.825 bits per heavy atom. The van der Waals surface area contributed by atoms with Crippen molar-refractivity contribution in [3.05, 3.63) is 35.1 Å². The van der Waals surface area contributed by atoms with Gasteiger partial charge in [-0.2, -0.15) is 0 Å². The highest BCUT2D eigenvalue weighted by Crippen LogP contribution is 2.15. The SMILES string of the molecule is CC(C)[C@H](NC(=O)[C@H](C)NC(=O)[C@@H](NC(=O)[C@H](CCC(=O)O)NCCc1ccc(F)c(F)c1F)[C@@H](C)O)C(=O)O. The Morgan fingerprint density at radius 2 is 1.43 bits per heavy atom. The summed E-state index contributed by atoms with van der Waals surface area (Å²) >= 11 is 0. The quantitative estimate of drug-likeness (QED) is 0.133. The molecule has 7 N–H and O–H groups in total. The highest BCUT2D eigenvalue weighted by molar-refractivity contribution is 5.94. The number of rotatable bonds is 16. The molecule has 0 aliphatic heterocycles. The van der Waals surface area contributed by atoms with Crippen LogP contribution < -0.4 is 21.3 Å². The molecule has 0 spiro atoms. The molecule has 224 valence electrons. The van der Waals surface area contributed by atoms with Crippen molar-refractivity contribution in [3.8, 4) is 0 Å². The number of amides is 3. The third-order valence-electron chi connectivity index (χ3n) is 5.91. The Morgan fingerprint density at radius 3 is 1.95 bits per heavy atom. The molecular weight excluding hydrogens is 541 g/mol. The lowest BCUT2D eigenvalue weighted by Gasteiger charge is -2.26. The van der Waals surface area contributed by atoms with Crippen LogP contribution in [-0.2, 0) is 30.4 Å². The minimum absolute atomic E-state index is 0.164. The molecule has 0 aromatic heterocycles. The van der Waals surface area contributed by atoms with Crippen LogP contribution in [0.1, 0.15) is 46.1 Å². The van der Waals surface area contributed by atoms with Gasteiger partial charge in [0.15, 0.2) is 17.5 Å². The zero-order valence-corrected chi connectivity index (χ0v) is 22.5. The summed E-state index contributed by atoms with van der Waals surface area (Å²) in [6, 6.07) is -3.56. The van der Waals surface area contributed by atoms with Gasteiger partial charge in [-0.15, -0.1) is 0 Å². The fourth-order valence-electron chi connectivity index (χ4n) is 3.55. The van der Waals surface area contributed by atoms with Crippen LogP contribution in [0.15, 0.2) is 12.1 Å². The molecule has 0 saturated heterocycles. The maximum Gasteiger partial charge on any atom is 0.326 e. The van der Waals surface area contributed by atoms with Crippen molar-refractivity contribution in [2.75, 3.05) is 6.54 Å². The third-order valence-corrected chi connectivity index (χ3v) is 5.91. The fraction of sp³-hybridized carbons (Fsp3) is 0.560. The fourth-order valence-corrected chi connectivity index (χ4v) is 3.55. The first kappa shape index (κ1) is 34.3. The minimum Gasteiger partial charge on any atom is -0.481 e. The van der Waals surface area contributed by atoms with Gasteiger partial charge < -0.3 is 36.6 Å². The molecular formula is C25H35F3N4O8. The van der Waals surface area contributed by atoms with Gasteiger partial charge in [-0.05, 0) is 44.2 Å². The molecule has 0 unspecified atom stereocenters. The zero-order chi connectivity index (χ0) is 30.7. The second-order valence-electron chi connectivity index (χ2n) is 9.55. The summed E-state index contributed by atoms with van der Waals surface area (Å²) < 4.78 is 40.5. The van der Waals surface area contributed by atoms with E-state index in [2.05, 4.69) is 21.3 Å². The van der Waals surface area contributed by atoms with E-state index in [0.717, 1.165) is 12.1 Å². The molecule has 3 amide bonds. The van der Waals surface area contributed by atoms with Crippen molar-refractivity contribution in [2.24, 2.45) is 5.92 Å². The van der Waals surface area contributed by atoms with Gasteiger partial charge in [-0.3, -0.25) is 19.2 Å². The maximum absolute atomic E-state index is 13.9. The minimum atomic E-state index is -1.66. The average molecular weight is 577 g/mol. The van der Waals surface area contributed by atoms with Crippen molar-refractivity contribution in [3.63, 3.8) is 0 Å². The predicted octanol–water partition coefficient (Wildman–Crippen LogP) is 0.0651. The highest BCUT2D eigenvalue weighted by atomic mass is 19.2. The third kappa shape index (κ3) is 10.4. The van der Waals surface area contributed by atoms with Gasteiger partial charge in [-0.1, -0.05) is 19.9 Å². The molecule has 0 aliphatic carbocycles. The summed E-state index contributed by atoms with van der Waals surface area (Å²) in [5.41, 5.74) is -0.195. The number of halogens is 3. The first-order valence-electron chi connectivity index (χ1n) is 12.5. The number of hydrogen-bond donors (Lipinski definition) is 7. The van der Waals surface area contributed by atoms with E-state index in [1.165, 1.54) is 13.8 Å². The number of benzene rings is 1. The number of carboxylic acids is 2. The van der Waals surface area contributed by atoms with Crippen LogP contribution in [0.25, 0.3) is 0 Å².